The van der Waals surface area contributed by atoms with Gasteiger partial charge in [0.1, 0.15) is 0 Å². The first-order chi connectivity index (χ1) is 6.75. The van der Waals surface area contributed by atoms with Crippen LogP contribution >= 0.6 is 12.4 Å². The quantitative estimate of drug-likeness (QED) is 0.661. The van der Waals surface area contributed by atoms with Crippen LogP contribution in [0.5, 0.6) is 0 Å². The van der Waals surface area contributed by atoms with E-state index in [1.807, 2.05) is 12.1 Å². The monoisotopic (exact) mass is 227 g/mol. The molecule has 0 amide bonds. The molecule has 0 radical (unpaired) electrons. The maximum Gasteiger partial charge on any atom is 0.488 e. The summed E-state index contributed by atoms with van der Waals surface area (Å²) >= 11 is 0. The zero-order valence-electron chi connectivity index (χ0n) is 8.39. The normalized spacial score (nSPS) is 14.3. The average Bonchev–Trinajstić information content (AvgIpc) is 2.99. The SMILES string of the molecule is Cl.OB(O)c1cccc(NCC2CC2)c1. The predicted octanol–water partition coefficient (Wildman–Crippen LogP) is 0.610. The van der Waals surface area contributed by atoms with Crippen molar-refractivity contribution in [3.05, 3.63) is 24.3 Å². The topological polar surface area (TPSA) is 52.5 Å². The van der Waals surface area contributed by atoms with E-state index in [9.17, 15) is 0 Å². The number of halogens is 1. The molecule has 5 heteroatoms. The molecule has 0 bridgehead atoms. The molecule has 1 saturated carbocycles. The first-order valence-electron chi connectivity index (χ1n) is 4.95. The van der Waals surface area contributed by atoms with Crippen molar-refractivity contribution in [3.8, 4) is 0 Å². The molecule has 0 spiro atoms. The minimum Gasteiger partial charge on any atom is -0.423 e. The standard InChI is InChI=1S/C10H14BNO2.ClH/c13-11(14)9-2-1-3-10(6-9)12-7-8-4-5-8;/h1-3,6,8,12-14H,4-5,7H2;1H. The van der Waals surface area contributed by atoms with E-state index < -0.39 is 7.12 Å². The average molecular weight is 227 g/mol. The van der Waals surface area contributed by atoms with E-state index in [1.165, 1.54) is 12.8 Å². The highest BCUT2D eigenvalue weighted by Gasteiger charge is 2.20. The summed E-state index contributed by atoms with van der Waals surface area (Å²) in [7, 11) is -1.38. The van der Waals surface area contributed by atoms with Crippen molar-refractivity contribution < 1.29 is 10.0 Å². The third-order valence-electron chi connectivity index (χ3n) is 2.48. The molecule has 0 unspecified atom stereocenters. The van der Waals surface area contributed by atoms with E-state index in [4.69, 9.17) is 10.0 Å². The maximum atomic E-state index is 8.97. The van der Waals surface area contributed by atoms with Gasteiger partial charge in [-0.1, -0.05) is 12.1 Å². The summed E-state index contributed by atoms with van der Waals surface area (Å²) in [6.45, 7) is 0.991. The van der Waals surface area contributed by atoms with Gasteiger partial charge in [0, 0.05) is 12.2 Å². The Balaban J connectivity index is 0.00000112. The van der Waals surface area contributed by atoms with Crippen LogP contribution in [0.15, 0.2) is 24.3 Å². The Kier molecular flexibility index (Phi) is 4.45. The first kappa shape index (κ1) is 12.4. The third-order valence-corrected chi connectivity index (χ3v) is 2.48. The molecule has 3 nitrogen and oxygen atoms in total. The second-order valence-corrected chi connectivity index (χ2v) is 3.82. The number of hydrogen-bond acceptors (Lipinski definition) is 3. The number of nitrogens with one attached hydrogen (secondary N) is 1. The summed E-state index contributed by atoms with van der Waals surface area (Å²) in [4.78, 5) is 0. The Morgan fingerprint density at radius 2 is 2.07 bits per heavy atom. The highest BCUT2D eigenvalue weighted by atomic mass is 35.5. The van der Waals surface area contributed by atoms with E-state index in [0.717, 1.165) is 18.2 Å². The van der Waals surface area contributed by atoms with Gasteiger partial charge in [-0.3, -0.25) is 0 Å². The van der Waals surface area contributed by atoms with Gasteiger partial charge < -0.3 is 15.4 Å². The fraction of sp³-hybridized carbons (Fsp3) is 0.400. The minimum absolute atomic E-state index is 0. The fourth-order valence-corrected chi connectivity index (χ4v) is 1.39. The number of rotatable bonds is 4. The lowest BCUT2D eigenvalue weighted by atomic mass is 9.80. The van der Waals surface area contributed by atoms with Gasteiger partial charge in [0.25, 0.3) is 0 Å². The molecule has 0 atom stereocenters. The molecule has 1 aliphatic rings. The van der Waals surface area contributed by atoms with Crippen molar-refractivity contribution >= 4 is 30.7 Å². The Bertz CT molecular complexity index is 318. The van der Waals surface area contributed by atoms with Gasteiger partial charge in [-0.2, -0.15) is 0 Å². The van der Waals surface area contributed by atoms with Crippen molar-refractivity contribution in [1.29, 1.82) is 0 Å². The number of hydrogen-bond donors (Lipinski definition) is 3. The van der Waals surface area contributed by atoms with Crippen LogP contribution in [0.25, 0.3) is 0 Å². The molecule has 1 fully saturated rings. The van der Waals surface area contributed by atoms with Gasteiger partial charge in [0.2, 0.25) is 0 Å². The van der Waals surface area contributed by atoms with Crippen LogP contribution in [0, 0.1) is 5.92 Å². The minimum atomic E-state index is -1.38. The van der Waals surface area contributed by atoms with Crippen LogP contribution in [-0.4, -0.2) is 23.7 Å². The number of anilines is 1. The molecule has 0 aromatic heterocycles. The van der Waals surface area contributed by atoms with Crippen molar-refractivity contribution in [2.24, 2.45) is 5.92 Å². The Morgan fingerprint density at radius 3 is 2.67 bits per heavy atom. The zero-order chi connectivity index (χ0) is 9.97. The maximum absolute atomic E-state index is 8.97. The number of benzene rings is 1. The molecule has 1 aromatic rings. The Morgan fingerprint density at radius 1 is 1.33 bits per heavy atom. The van der Waals surface area contributed by atoms with Gasteiger partial charge in [-0.15, -0.1) is 12.4 Å². The van der Waals surface area contributed by atoms with Crippen LogP contribution in [0.3, 0.4) is 0 Å². The molecule has 1 aliphatic carbocycles. The lowest BCUT2D eigenvalue weighted by Crippen LogP contribution is -2.29. The molecular weight excluding hydrogens is 212 g/mol. The van der Waals surface area contributed by atoms with Crippen LogP contribution in [0.2, 0.25) is 0 Å². The fourth-order valence-electron chi connectivity index (χ4n) is 1.39. The van der Waals surface area contributed by atoms with Crippen molar-refractivity contribution in [3.63, 3.8) is 0 Å². The van der Waals surface area contributed by atoms with Gasteiger partial charge in [-0.25, -0.2) is 0 Å². The highest BCUT2D eigenvalue weighted by Crippen LogP contribution is 2.28. The Hall–Kier alpha value is -0.705. The molecule has 3 N–H and O–H groups in total. The van der Waals surface area contributed by atoms with E-state index in [-0.39, 0.29) is 12.4 Å². The third kappa shape index (κ3) is 3.74. The van der Waals surface area contributed by atoms with Crippen molar-refractivity contribution in [1.82, 2.24) is 0 Å². The molecule has 15 heavy (non-hydrogen) atoms. The van der Waals surface area contributed by atoms with Crippen LogP contribution in [0.1, 0.15) is 12.8 Å². The van der Waals surface area contributed by atoms with Gasteiger partial charge >= 0.3 is 7.12 Å². The summed E-state index contributed by atoms with van der Waals surface area (Å²) in [5.74, 6) is 0.817. The predicted molar refractivity (Wildman–Crippen MR) is 64.7 cm³/mol. The van der Waals surface area contributed by atoms with E-state index in [1.54, 1.807) is 12.1 Å². The lowest BCUT2D eigenvalue weighted by Gasteiger charge is -2.06. The van der Waals surface area contributed by atoms with Gasteiger partial charge in [0.05, 0.1) is 0 Å². The van der Waals surface area contributed by atoms with Crippen molar-refractivity contribution in [2.45, 2.75) is 12.8 Å². The first-order valence-corrected chi connectivity index (χ1v) is 4.95. The molecule has 0 aliphatic heterocycles. The highest BCUT2D eigenvalue weighted by molar-refractivity contribution is 6.58. The van der Waals surface area contributed by atoms with E-state index in [0.29, 0.717) is 5.46 Å². The lowest BCUT2D eigenvalue weighted by molar-refractivity contribution is 0.426. The largest absolute Gasteiger partial charge is 0.488 e. The smallest absolute Gasteiger partial charge is 0.423 e. The molecule has 0 saturated heterocycles. The summed E-state index contributed by atoms with van der Waals surface area (Å²) in [6, 6.07) is 7.23. The summed E-state index contributed by atoms with van der Waals surface area (Å²) in [6.07, 6.45) is 2.63. The van der Waals surface area contributed by atoms with Gasteiger partial charge in [-0.05, 0) is 36.4 Å². The zero-order valence-corrected chi connectivity index (χ0v) is 9.20. The van der Waals surface area contributed by atoms with Gasteiger partial charge in [0.15, 0.2) is 0 Å². The van der Waals surface area contributed by atoms with Crippen LogP contribution < -0.4 is 10.8 Å². The second kappa shape index (κ2) is 5.40. The molecule has 82 valence electrons. The van der Waals surface area contributed by atoms with E-state index >= 15 is 0 Å². The molecule has 1 aromatic carbocycles. The summed E-state index contributed by atoms with van der Waals surface area (Å²) in [5, 5.41) is 21.2. The Labute approximate surface area is 96.1 Å². The molecule has 0 heterocycles. The second-order valence-electron chi connectivity index (χ2n) is 3.82. The molecular formula is C10H15BClNO2. The van der Waals surface area contributed by atoms with Crippen LogP contribution in [0.4, 0.5) is 5.69 Å². The van der Waals surface area contributed by atoms with E-state index in [2.05, 4.69) is 5.32 Å². The molecule has 2 rings (SSSR count). The summed E-state index contributed by atoms with van der Waals surface area (Å²) in [5.41, 5.74) is 1.49. The van der Waals surface area contributed by atoms with Crippen LogP contribution in [-0.2, 0) is 0 Å². The van der Waals surface area contributed by atoms with Crippen molar-refractivity contribution in [2.75, 3.05) is 11.9 Å². The summed E-state index contributed by atoms with van der Waals surface area (Å²) < 4.78 is 0.